The first-order valence-electron chi connectivity index (χ1n) is 9.84. The Morgan fingerprint density at radius 1 is 0.875 bits per heavy atom. The van der Waals surface area contributed by atoms with E-state index in [1.807, 2.05) is 0 Å². The summed E-state index contributed by atoms with van der Waals surface area (Å²) >= 11 is 1.72. The lowest BCUT2D eigenvalue weighted by Crippen LogP contribution is -2.23. The summed E-state index contributed by atoms with van der Waals surface area (Å²) in [5.41, 5.74) is -1.18. The molecule has 2 heterocycles. The summed E-state index contributed by atoms with van der Waals surface area (Å²) < 4.78 is 79.1. The van der Waals surface area contributed by atoms with E-state index >= 15 is 0 Å². The van der Waals surface area contributed by atoms with Crippen molar-refractivity contribution in [1.82, 2.24) is 24.9 Å². The van der Waals surface area contributed by atoms with E-state index in [9.17, 15) is 26.3 Å². The van der Waals surface area contributed by atoms with E-state index in [0.29, 0.717) is 18.9 Å². The van der Waals surface area contributed by atoms with E-state index in [1.165, 1.54) is 0 Å². The van der Waals surface area contributed by atoms with E-state index in [0.717, 1.165) is 6.20 Å². The van der Waals surface area contributed by atoms with Crippen LogP contribution in [0.15, 0.2) is 12.3 Å². The Kier molecular flexibility index (Phi) is 6.09. The molecule has 0 radical (unpaired) electrons. The van der Waals surface area contributed by atoms with Crippen molar-refractivity contribution in [3.63, 3.8) is 0 Å². The molecule has 32 heavy (non-hydrogen) atoms. The van der Waals surface area contributed by atoms with Crippen LogP contribution in [-0.4, -0.2) is 46.6 Å². The molecule has 3 atom stereocenters. The maximum absolute atomic E-state index is 14.2. The maximum atomic E-state index is 14.2. The Balaban J connectivity index is 1.64. The van der Waals surface area contributed by atoms with Crippen LogP contribution in [0, 0.1) is 0 Å². The first-order chi connectivity index (χ1) is 14.9. The van der Waals surface area contributed by atoms with Crippen LogP contribution in [0.2, 0.25) is 0 Å². The van der Waals surface area contributed by atoms with Gasteiger partial charge in [-0.2, -0.15) is 28.1 Å². The van der Waals surface area contributed by atoms with Crippen LogP contribution < -0.4 is 10.6 Å². The minimum absolute atomic E-state index is 0.0256. The predicted octanol–water partition coefficient (Wildman–Crippen LogP) is 5.01. The lowest BCUT2D eigenvalue weighted by atomic mass is 10.2. The van der Waals surface area contributed by atoms with Crippen LogP contribution in [0.25, 0.3) is 11.6 Å². The number of rotatable bonds is 5. The second-order valence-electron chi connectivity index (χ2n) is 7.95. The molecule has 2 aliphatic carbocycles. The van der Waals surface area contributed by atoms with Gasteiger partial charge < -0.3 is 10.6 Å². The number of nitrogens with one attached hydrogen (secondary N) is 2. The summed E-state index contributed by atoms with van der Waals surface area (Å²) in [6, 6.07) is -0.211. The number of halogens is 7. The maximum Gasteiger partial charge on any atom is 0.433 e. The zero-order valence-corrected chi connectivity index (χ0v) is 18.6. The molecule has 4 rings (SSSR count). The van der Waals surface area contributed by atoms with Crippen molar-refractivity contribution in [2.24, 2.45) is 0 Å². The van der Waals surface area contributed by atoms with Crippen molar-refractivity contribution in [1.29, 1.82) is 0 Å². The van der Waals surface area contributed by atoms with Gasteiger partial charge in [-0.15, -0.1) is 0 Å². The zero-order valence-electron chi connectivity index (χ0n) is 16.4. The normalized spacial score (nSPS) is 27.5. The summed E-state index contributed by atoms with van der Waals surface area (Å²) in [4.78, 5) is 19.6. The highest BCUT2D eigenvalue weighted by atomic mass is 127. The van der Waals surface area contributed by atoms with Crippen molar-refractivity contribution >= 4 is 34.5 Å². The Bertz CT molecular complexity index is 940. The van der Waals surface area contributed by atoms with E-state index in [4.69, 9.17) is 0 Å². The van der Waals surface area contributed by atoms with Crippen molar-refractivity contribution < 1.29 is 26.3 Å². The number of alkyl halides is 7. The average Bonchev–Trinajstić information content (AvgIpc) is 3.21. The molecule has 14 heteroatoms. The SMILES string of the molecule is FC1(F)CCC(Nc2nc(NC3CCC(F)(I)C3)nc(-c3nccc(C(F)(F)F)n3)n2)C1. The fourth-order valence-corrected chi connectivity index (χ4v) is 4.58. The summed E-state index contributed by atoms with van der Waals surface area (Å²) in [6.07, 6.45) is -3.29. The van der Waals surface area contributed by atoms with E-state index in [1.54, 1.807) is 22.6 Å². The number of anilines is 2. The number of aromatic nitrogens is 5. The molecule has 2 N–H and O–H groups in total. The van der Waals surface area contributed by atoms with Gasteiger partial charge in [0.15, 0.2) is 9.50 Å². The molecular weight excluding hydrogens is 555 g/mol. The Labute approximate surface area is 192 Å². The number of hydrogen-bond donors (Lipinski definition) is 2. The highest BCUT2D eigenvalue weighted by Crippen LogP contribution is 2.40. The van der Waals surface area contributed by atoms with Gasteiger partial charge in [-0.1, -0.05) is 0 Å². The van der Waals surface area contributed by atoms with Gasteiger partial charge >= 0.3 is 6.18 Å². The van der Waals surface area contributed by atoms with Crippen molar-refractivity contribution in [3.05, 3.63) is 18.0 Å². The van der Waals surface area contributed by atoms with Gasteiger partial charge in [0.1, 0.15) is 5.69 Å². The van der Waals surface area contributed by atoms with Crippen molar-refractivity contribution in [2.45, 2.75) is 66.4 Å². The molecule has 2 fully saturated rings. The Morgan fingerprint density at radius 3 is 2.03 bits per heavy atom. The van der Waals surface area contributed by atoms with Gasteiger partial charge in [-0.3, -0.25) is 0 Å². The van der Waals surface area contributed by atoms with Gasteiger partial charge in [0.2, 0.25) is 23.6 Å². The third-order valence-electron chi connectivity index (χ3n) is 5.26. The fraction of sp³-hybridized carbons (Fsp3) is 0.611. The minimum Gasteiger partial charge on any atom is -0.351 e. The molecule has 7 nitrogen and oxygen atoms in total. The van der Waals surface area contributed by atoms with Gasteiger partial charge in [-0.25, -0.2) is 23.1 Å². The third-order valence-corrected chi connectivity index (χ3v) is 6.23. The molecule has 0 amide bonds. The summed E-state index contributed by atoms with van der Waals surface area (Å²) in [5, 5.41) is 5.76. The fourth-order valence-electron chi connectivity index (χ4n) is 3.74. The predicted molar refractivity (Wildman–Crippen MR) is 111 cm³/mol. The molecule has 0 spiro atoms. The van der Waals surface area contributed by atoms with Crippen LogP contribution in [0.5, 0.6) is 0 Å². The third kappa shape index (κ3) is 5.67. The molecule has 2 aromatic rings. The molecule has 0 aliphatic heterocycles. The molecule has 2 aromatic heterocycles. The monoisotopic (exact) mass is 573 g/mol. The van der Waals surface area contributed by atoms with E-state index < -0.39 is 39.8 Å². The summed E-state index contributed by atoms with van der Waals surface area (Å²) in [5.74, 6) is -3.60. The molecule has 3 unspecified atom stereocenters. The van der Waals surface area contributed by atoms with Crippen molar-refractivity contribution in [2.75, 3.05) is 10.6 Å². The Hall–Kier alpha value is -2.00. The minimum atomic E-state index is -4.70. The molecule has 0 saturated heterocycles. The van der Waals surface area contributed by atoms with Gasteiger partial charge in [0.25, 0.3) is 0 Å². The molecular formula is C18H18F6IN7. The first-order valence-corrected chi connectivity index (χ1v) is 10.9. The topological polar surface area (TPSA) is 88.5 Å². The standard InChI is InChI=1S/C18H18F6IN7/c19-16(20)4-1-9(7-16)27-14-30-13(12-26-6-3-11(29-12)18(22,23)24)31-15(32-14)28-10-2-5-17(21,25)8-10/h3,6,9-10H,1-2,4-5,7-8H2,(H2,27,28,30,31,32). The molecule has 2 saturated carbocycles. The lowest BCUT2D eigenvalue weighted by Gasteiger charge is -2.17. The van der Waals surface area contributed by atoms with Crippen LogP contribution in [0.4, 0.5) is 38.2 Å². The van der Waals surface area contributed by atoms with Crippen molar-refractivity contribution in [3.8, 4) is 11.6 Å². The van der Waals surface area contributed by atoms with E-state index in [2.05, 4.69) is 35.6 Å². The second kappa shape index (κ2) is 8.41. The van der Waals surface area contributed by atoms with E-state index in [-0.39, 0.29) is 43.0 Å². The highest BCUT2D eigenvalue weighted by molar-refractivity contribution is 14.1. The van der Waals surface area contributed by atoms with Gasteiger partial charge in [0, 0.05) is 37.5 Å². The van der Waals surface area contributed by atoms with Crippen LogP contribution >= 0.6 is 22.6 Å². The molecule has 174 valence electrons. The van der Waals surface area contributed by atoms with Crippen LogP contribution in [0.1, 0.15) is 44.2 Å². The number of nitrogens with zero attached hydrogens (tertiary/aromatic N) is 5. The zero-order chi connectivity index (χ0) is 23.1. The first kappa shape index (κ1) is 23.2. The summed E-state index contributed by atoms with van der Waals surface area (Å²) in [7, 11) is 0. The average molecular weight is 573 g/mol. The largest absolute Gasteiger partial charge is 0.433 e. The quantitative estimate of drug-likeness (QED) is 0.296. The second-order valence-corrected chi connectivity index (χ2v) is 9.88. The van der Waals surface area contributed by atoms with Gasteiger partial charge in [0.05, 0.1) is 0 Å². The van der Waals surface area contributed by atoms with Crippen LogP contribution in [-0.2, 0) is 6.18 Å². The lowest BCUT2D eigenvalue weighted by molar-refractivity contribution is -0.141. The van der Waals surface area contributed by atoms with Gasteiger partial charge in [-0.05, 0) is 47.9 Å². The summed E-state index contributed by atoms with van der Waals surface area (Å²) in [6.45, 7) is 0. The number of hydrogen-bond acceptors (Lipinski definition) is 7. The smallest absolute Gasteiger partial charge is 0.351 e. The molecule has 0 aromatic carbocycles. The molecule has 2 aliphatic rings. The Morgan fingerprint density at radius 2 is 1.50 bits per heavy atom. The van der Waals surface area contributed by atoms with Crippen LogP contribution in [0.3, 0.4) is 0 Å². The molecule has 0 bridgehead atoms. The highest BCUT2D eigenvalue weighted by Gasteiger charge is 2.40.